The molecule has 1 aliphatic rings. The van der Waals surface area contributed by atoms with Gasteiger partial charge < -0.3 is 20.3 Å². The molecule has 0 aromatic heterocycles. The van der Waals surface area contributed by atoms with Crippen molar-refractivity contribution in [3.63, 3.8) is 0 Å². The number of nitrogens with one attached hydrogen (secondary N) is 1. The van der Waals surface area contributed by atoms with Crippen LogP contribution in [0.4, 0.5) is 0 Å². The minimum atomic E-state index is -0.608. The topological polar surface area (TPSA) is 95.9 Å². The monoisotopic (exact) mass is 307 g/mol. The molecule has 0 unspecified atom stereocenters. The number of aliphatic hydroxyl groups is 1. The number of phenols is 1. The number of esters is 1. The normalized spacial score (nSPS) is 21.2. The molecule has 6 nitrogen and oxygen atoms in total. The number of phenolic OH excluding ortho intramolecular Hbond substituents is 1. The van der Waals surface area contributed by atoms with E-state index >= 15 is 0 Å². The van der Waals surface area contributed by atoms with E-state index in [1.807, 2.05) is 0 Å². The van der Waals surface area contributed by atoms with Crippen molar-refractivity contribution in [2.75, 3.05) is 13.7 Å². The van der Waals surface area contributed by atoms with E-state index < -0.39 is 5.97 Å². The van der Waals surface area contributed by atoms with Gasteiger partial charge in [0.2, 0.25) is 0 Å². The minimum Gasteiger partial charge on any atom is -0.508 e. The Morgan fingerprint density at radius 1 is 1.27 bits per heavy atom. The van der Waals surface area contributed by atoms with Gasteiger partial charge in [-0.05, 0) is 43.4 Å². The molecule has 2 rings (SSSR count). The molecule has 0 heterocycles. The van der Waals surface area contributed by atoms with Gasteiger partial charge in [0.15, 0.2) is 0 Å². The number of carbonyl (C=O) groups excluding carboxylic acids is 2. The van der Waals surface area contributed by atoms with E-state index in [9.17, 15) is 19.8 Å². The maximum absolute atomic E-state index is 12.3. The first kappa shape index (κ1) is 16.3. The molecule has 1 amide bonds. The van der Waals surface area contributed by atoms with Crippen molar-refractivity contribution in [2.24, 2.45) is 5.92 Å². The second-order valence-electron chi connectivity index (χ2n) is 5.65. The number of amides is 1. The van der Waals surface area contributed by atoms with Gasteiger partial charge in [0.05, 0.1) is 12.7 Å². The van der Waals surface area contributed by atoms with Crippen molar-refractivity contribution in [3.05, 3.63) is 29.3 Å². The Kier molecular flexibility index (Phi) is 5.38. The summed E-state index contributed by atoms with van der Waals surface area (Å²) in [6.45, 7) is 0.130. The Morgan fingerprint density at radius 3 is 2.68 bits per heavy atom. The number of hydrogen-bond acceptors (Lipinski definition) is 5. The number of methoxy groups -OCH3 is 1. The van der Waals surface area contributed by atoms with Crippen molar-refractivity contribution >= 4 is 11.9 Å². The molecular formula is C16H21NO5. The standard InChI is InChI=1S/C16H21NO5/c1-22-16(21)12-6-11(7-14(19)8-12)15(20)17-13-4-2-3-10(5-13)9-18/h6-8,10,13,18-19H,2-5,9H2,1H3,(H,17,20)/t10-,13+/m1/s1. The quantitative estimate of drug-likeness (QED) is 0.732. The highest BCUT2D eigenvalue weighted by molar-refractivity contribution is 5.98. The first-order valence-electron chi connectivity index (χ1n) is 7.37. The van der Waals surface area contributed by atoms with Gasteiger partial charge in [-0.1, -0.05) is 6.42 Å². The Balaban J connectivity index is 2.09. The summed E-state index contributed by atoms with van der Waals surface area (Å²) in [6.07, 6.45) is 3.54. The van der Waals surface area contributed by atoms with Crippen LogP contribution < -0.4 is 5.32 Å². The summed E-state index contributed by atoms with van der Waals surface area (Å²) >= 11 is 0. The highest BCUT2D eigenvalue weighted by Gasteiger charge is 2.23. The lowest BCUT2D eigenvalue weighted by molar-refractivity contribution is 0.0600. The smallest absolute Gasteiger partial charge is 0.338 e. The maximum atomic E-state index is 12.3. The number of benzene rings is 1. The van der Waals surface area contributed by atoms with Gasteiger partial charge >= 0.3 is 5.97 Å². The van der Waals surface area contributed by atoms with Crippen LogP contribution in [0.3, 0.4) is 0 Å². The number of aliphatic hydroxyl groups excluding tert-OH is 1. The van der Waals surface area contributed by atoms with Crippen molar-refractivity contribution < 1.29 is 24.5 Å². The fourth-order valence-electron chi connectivity index (χ4n) is 2.83. The lowest BCUT2D eigenvalue weighted by Gasteiger charge is -2.28. The second kappa shape index (κ2) is 7.26. The third-order valence-corrected chi connectivity index (χ3v) is 3.98. The lowest BCUT2D eigenvalue weighted by Crippen LogP contribution is -2.39. The number of carbonyl (C=O) groups is 2. The number of hydrogen-bond donors (Lipinski definition) is 3. The third kappa shape index (κ3) is 3.98. The van der Waals surface area contributed by atoms with Gasteiger partial charge in [0.1, 0.15) is 5.75 Å². The molecule has 0 bridgehead atoms. The van der Waals surface area contributed by atoms with Gasteiger partial charge in [-0.2, -0.15) is 0 Å². The first-order valence-corrected chi connectivity index (χ1v) is 7.37. The molecule has 120 valence electrons. The largest absolute Gasteiger partial charge is 0.508 e. The summed E-state index contributed by atoms with van der Waals surface area (Å²) in [7, 11) is 1.24. The number of aromatic hydroxyl groups is 1. The molecule has 1 aromatic rings. The van der Waals surface area contributed by atoms with Crippen LogP contribution in [0.1, 0.15) is 46.4 Å². The van der Waals surface area contributed by atoms with E-state index in [2.05, 4.69) is 10.1 Å². The molecule has 0 saturated heterocycles. The summed E-state index contributed by atoms with van der Waals surface area (Å²) in [5.74, 6) is -0.897. The molecule has 1 saturated carbocycles. The molecule has 0 spiro atoms. The summed E-state index contributed by atoms with van der Waals surface area (Å²) < 4.78 is 4.60. The molecule has 1 fully saturated rings. The summed E-state index contributed by atoms with van der Waals surface area (Å²) in [5.41, 5.74) is 0.344. The zero-order valence-electron chi connectivity index (χ0n) is 12.5. The Labute approximate surface area is 129 Å². The van der Waals surface area contributed by atoms with Gasteiger partial charge in [-0.25, -0.2) is 4.79 Å². The van der Waals surface area contributed by atoms with Gasteiger partial charge in [0.25, 0.3) is 5.91 Å². The van der Waals surface area contributed by atoms with Crippen LogP contribution in [-0.4, -0.2) is 41.8 Å². The van der Waals surface area contributed by atoms with E-state index in [4.69, 9.17) is 0 Å². The predicted octanol–water partition coefficient (Wildman–Crippen LogP) is 1.46. The highest BCUT2D eigenvalue weighted by atomic mass is 16.5. The highest BCUT2D eigenvalue weighted by Crippen LogP contribution is 2.24. The van der Waals surface area contributed by atoms with Crippen LogP contribution >= 0.6 is 0 Å². The summed E-state index contributed by atoms with van der Waals surface area (Å²) in [6, 6.07) is 3.97. The van der Waals surface area contributed by atoms with Crippen molar-refractivity contribution in [1.29, 1.82) is 0 Å². The second-order valence-corrected chi connectivity index (χ2v) is 5.65. The van der Waals surface area contributed by atoms with Crippen molar-refractivity contribution in [3.8, 4) is 5.75 Å². The van der Waals surface area contributed by atoms with E-state index in [1.54, 1.807) is 0 Å². The SMILES string of the molecule is COC(=O)c1cc(O)cc(C(=O)N[C@H]2CCC[C@@H](CO)C2)c1. The zero-order chi connectivity index (χ0) is 16.1. The first-order chi connectivity index (χ1) is 10.5. The van der Waals surface area contributed by atoms with Gasteiger partial charge in [-0.15, -0.1) is 0 Å². The molecule has 0 aliphatic heterocycles. The zero-order valence-corrected chi connectivity index (χ0v) is 12.5. The van der Waals surface area contributed by atoms with Gasteiger partial charge in [0, 0.05) is 18.2 Å². The fraction of sp³-hybridized carbons (Fsp3) is 0.500. The van der Waals surface area contributed by atoms with E-state index in [0.717, 1.165) is 25.7 Å². The lowest BCUT2D eigenvalue weighted by atomic mass is 9.86. The fourth-order valence-corrected chi connectivity index (χ4v) is 2.83. The summed E-state index contributed by atoms with van der Waals surface area (Å²) in [4.78, 5) is 23.8. The van der Waals surface area contributed by atoms with Crippen LogP contribution in [-0.2, 0) is 4.74 Å². The van der Waals surface area contributed by atoms with Crippen molar-refractivity contribution in [1.82, 2.24) is 5.32 Å². The number of rotatable bonds is 4. The molecule has 3 N–H and O–H groups in total. The molecule has 2 atom stereocenters. The van der Waals surface area contributed by atoms with E-state index in [1.165, 1.54) is 25.3 Å². The van der Waals surface area contributed by atoms with Crippen LogP contribution in [0.5, 0.6) is 5.75 Å². The van der Waals surface area contributed by atoms with Crippen LogP contribution in [0, 0.1) is 5.92 Å². The van der Waals surface area contributed by atoms with E-state index in [-0.39, 0.29) is 41.4 Å². The molecule has 1 aliphatic carbocycles. The third-order valence-electron chi connectivity index (χ3n) is 3.98. The molecule has 22 heavy (non-hydrogen) atoms. The van der Waals surface area contributed by atoms with E-state index in [0.29, 0.717) is 0 Å². The maximum Gasteiger partial charge on any atom is 0.338 e. The minimum absolute atomic E-state index is 0.00215. The summed E-state index contributed by atoms with van der Waals surface area (Å²) in [5, 5.41) is 21.8. The molecule has 0 radical (unpaired) electrons. The molecule has 6 heteroatoms. The number of ether oxygens (including phenoxy) is 1. The molecular weight excluding hydrogens is 286 g/mol. The Hall–Kier alpha value is -2.08. The Morgan fingerprint density at radius 2 is 2.00 bits per heavy atom. The van der Waals surface area contributed by atoms with Crippen LogP contribution in [0.15, 0.2) is 18.2 Å². The Bertz CT molecular complexity index is 557. The predicted molar refractivity (Wildman–Crippen MR) is 79.7 cm³/mol. The van der Waals surface area contributed by atoms with Gasteiger partial charge in [-0.3, -0.25) is 4.79 Å². The van der Waals surface area contributed by atoms with Crippen molar-refractivity contribution in [2.45, 2.75) is 31.7 Å². The average molecular weight is 307 g/mol. The average Bonchev–Trinajstić information content (AvgIpc) is 2.53. The van der Waals surface area contributed by atoms with Crippen LogP contribution in [0.2, 0.25) is 0 Å². The van der Waals surface area contributed by atoms with Crippen LogP contribution in [0.25, 0.3) is 0 Å². The molecule has 1 aromatic carbocycles.